The molecule has 0 aliphatic rings. The van der Waals surface area contributed by atoms with E-state index in [0.717, 1.165) is 21.0 Å². The van der Waals surface area contributed by atoms with Gasteiger partial charge in [-0.05, 0) is 25.1 Å². The molecule has 2 rings (SSSR count). The maximum atomic E-state index is 9.75. The predicted octanol–water partition coefficient (Wildman–Crippen LogP) is 3.97. The second kappa shape index (κ2) is 6.02. The zero-order valence-corrected chi connectivity index (χ0v) is 13.2. The SMILES string of the molecule is CCOc1ccc2nc(CC(O)C(Cl)(Cl)Cl)sc2c1. The van der Waals surface area contributed by atoms with E-state index in [1.165, 1.54) is 11.3 Å². The molecule has 1 atom stereocenters. The number of aliphatic hydroxyl groups is 1. The lowest BCUT2D eigenvalue weighted by Gasteiger charge is -2.17. The summed E-state index contributed by atoms with van der Waals surface area (Å²) in [5.74, 6) is 0.798. The largest absolute Gasteiger partial charge is 0.494 e. The highest BCUT2D eigenvalue weighted by Crippen LogP contribution is 2.34. The Balaban J connectivity index is 2.22. The van der Waals surface area contributed by atoms with E-state index in [-0.39, 0.29) is 6.42 Å². The summed E-state index contributed by atoms with van der Waals surface area (Å²) in [6.45, 7) is 2.54. The molecule has 7 heteroatoms. The van der Waals surface area contributed by atoms with Crippen LogP contribution in [0.5, 0.6) is 5.75 Å². The van der Waals surface area contributed by atoms with E-state index in [2.05, 4.69) is 4.98 Å². The van der Waals surface area contributed by atoms with Crippen LogP contribution in [0.1, 0.15) is 11.9 Å². The van der Waals surface area contributed by atoms with Crippen LogP contribution in [0.2, 0.25) is 0 Å². The van der Waals surface area contributed by atoms with Crippen molar-refractivity contribution in [2.45, 2.75) is 23.2 Å². The van der Waals surface area contributed by atoms with Crippen LogP contribution < -0.4 is 4.74 Å². The smallest absolute Gasteiger partial charge is 0.216 e. The van der Waals surface area contributed by atoms with Crippen molar-refractivity contribution < 1.29 is 9.84 Å². The molecule has 1 aromatic heterocycles. The summed E-state index contributed by atoms with van der Waals surface area (Å²) in [5.41, 5.74) is 0.847. The average molecular weight is 341 g/mol. The summed E-state index contributed by atoms with van der Waals surface area (Å²) >= 11 is 18.4. The van der Waals surface area contributed by atoms with Gasteiger partial charge in [0.1, 0.15) is 11.9 Å². The van der Waals surface area contributed by atoms with Crippen molar-refractivity contribution in [3.05, 3.63) is 23.2 Å². The minimum Gasteiger partial charge on any atom is -0.494 e. The van der Waals surface area contributed by atoms with E-state index in [9.17, 15) is 5.11 Å². The lowest BCUT2D eigenvalue weighted by Crippen LogP contribution is -2.27. The molecule has 1 N–H and O–H groups in total. The van der Waals surface area contributed by atoms with Crippen LogP contribution in [0.3, 0.4) is 0 Å². The Kier molecular flexibility index (Phi) is 4.79. The number of thiazole rings is 1. The third-order valence-corrected chi connectivity index (χ3v) is 4.26. The van der Waals surface area contributed by atoms with Gasteiger partial charge in [-0.15, -0.1) is 11.3 Å². The molecule has 0 bridgehead atoms. The Labute approximate surface area is 130 Å². The molecule has 0 fully saturated rings. The first-order valence-electron chi connectivity index (χ1n) is 5.67. The van der Waals surface area contributed by atoms with Gasteiger partial charge in [0, 0.05) is 6.42 Å². The number of hydrogen-bond donors (Lipinski definition) is 1. The zero-order valence-electron chi connectivity index (χ0n) is 10.1. The Morgan fingerprint density at radius 1 is 1.42 bits per heavy atom. The first kappa shape index (κ1) is 15.1. The molecule has 19 heavy (non-hydrogen) atoms. The standard InChI is InChI=1S/C12H12Cl3NO2S/c1-2-18-7-3-4-8-9(5-7)19-11(16-8)6-10(17)12(13,14)15/h3-5,10,17H,2,6H2,1H3. The minimum atomic E-state index is -1.70. The summed E-state index contributed by atoms with van der Waals surface area (Å²) in [7, 11) is 0. The Bertz CT molecular complexity index is 568. The van der Waals surface area contributed by atoms with Crippen molar-refractivity contribution in [1.82, 2.24) is 4.98 Å². The molecule has 104 valence electrons. The van der Waals surface area contributed by atoms with Crippen molar-refractivity contribution in [1.29, 1.82) is 0 Å². The fourth-order valence-corrected chi connectivity index (χ4v) is 2.84. The van der Waals surface area contributed by atoms with Crippen LogP contribution >= 0.6 is 46.1 Å². The first-order chi connectivity index (χ1) is 8.90. The molecule has 2 aromatic rings. The van der Waals surface area contributed by atoms with Crippen LogP contribution in [0.4, 0.5) is 0 Å². The van der Waals surface area contributed by atoms with E-state index in [1.54, 1.807) is 0 Å². The number of alkyl halides is 3. The molecular weight excluding hydrogens is 329 g/mol. The van der Waals surface area contributed by atoms with Crippen LogP contribution in [-0.2, 0) is 6.42 Å². The molecule has 1 aromatic carbocycles. The lowest BCUT2D eigenvalue weighted by atomic mass is 10.3. The molecule has 0 spiro atoms. The topological polar surface area (TPSA) is 42.4 Å². The van der Waals surface area contributed by atoms with Crippen LogP contribution in [0.25, 0.3) is 10.2 Å². The number of hydrogen-bond acceptors (Lipinski definition) is 4. The van der Waals surface area contributed by atoms with Gasteiger partial charge >= 0.3 is 0 Å². The number of halogens is 3. The van der Waals surface area contributed by atoms with Crippen molar-refractivity contribution in [2.24, 2.45) is 0 Å². The Hall–Kier alpha value is -0.260. The summed E-state index contributed by atoms with van der Waals surface area (Å²) in [4.78, 5) is 4.39. The summed E-state index contributed by atoms with van der Waals surface area (Å²) in [5, 5.41) is 10.5. The molecule has 1 unspecified atom stereocenters. The minimum absolute atomic E-state index is 0.208. The second-order valence-corrected chi connectivity index (χ2v) is 7.42. The van der Waals surface area contributed by atoms with Crippen LogP contribution in [0, 0.1) is 0 Å². The maximum Gasteiger partial charge on any atom is 0.216 e. The number of nitrogens with zero attached hydrogens (tertiary/aromatic N) is 1. The molecule has 0 saturated heterocycles. The summed E-state index contributed by atoms with van der Waals surface area (Å²) in [6.07, 6.45) is -0.871. The average Bonchev–Trinajstić information content (AvgIpc) is 2.69. The van der Waals surface area contributed by atoms with Crippen molar-refractivity contribution in [3.8, 4) is 5.75 Å². The van der Waals surface area contributed by atoms with Crippen LogP contribution in [0.15, 0.2) is 18.2 Å². The van der Waals surface area contributed by atoms with E-state index in [0.29, 0.717) is 6.61 Å². The van der Waals surface area contributed by atoms with E-state index < -0.39 is 9.90 Å². The number of aliphatic hydroxyl groups excluding tert-OH is 1. The molecule has 0 amide bonds. The highest BCUT2D eigenvalue weighted by atomic mass is 35.6. The van der Waals surface area contributed by atoms with E-state index in [1.807, 2.05) is 25.1 Å². The highest BCUT2D eigenvalue weighted by molar-refractivity contribution is 7.18. The van der Waals surface area contributed by atoms with Gasteiger partial charge in [0.05, 0.1) is 21.8 Å². The third-order valence-electron chi connectivity index (χ3n) is 2.46. The number of benzene rings is 1. The number of aromatic nitrogens is 1. The number of ether oxygens (including phenoxy) is 1. The molecule has 0 radical (unpaired) electrons. The third kappa shape index (κ3) is 3.86. The highest BCUT2D eigenvalue weighted by Gasteiger charge is 2.31. The lowest BCUT2D eigenvalue weighted by molar-refractivity contribution is 0.179. The summed E-state index contributed by atoms with van der Waals surface area (Å²) < 4.78 is 4.71. The fourth-order valence-electron chi connectivity index (χ4n) is 1.58. The van der Waals surface area contributed by atoms with Gasteiger partial charge in [-0.2, -0.15) is 0 Å². The maximum absolute atomic E-state index is 9.75. The van der Waals surface area contributed by atoms with Gasteiger partial charge < -0.3 is 9.84 Å². The van der Waals surface area contributed by atoms with Crippen molar-refractivity contribution in [3.63, 3.8) is 0 Å². The van der Waals surface area contributed by atoms with Crippen LogP contribution in [-0.4, -0.2) is 26.6 Å². The molecule has 0 saturated carbocycles. The normalized spacial score (nSPS) is 13.7. The van der Waals surface area contributed by atoms with Gasteiger partial charge in [-0.1, -0.05) is 34.8 Å². The molecule has 3 nitrogen and oxygen atoms in total. The Morgan fingerprint density at radius 3 is 2.79 bits per heavy atom. The van der Waals surface area contributed by atoms with Gasteiger partial charge in [0.2, 0.25) is 3.79 Å². The number of fused-ring (bicyclic) bond motifs is 1. The van der Waals surface area contributed by atoms with E-state index >= 15 is 0 Å². The van der Waals surface area contributed by atoms with Gasteiger partial charge in [-0.3, -0.25) is 0 Å². The quantitative estimate of drug-likeness (QED) is 0.856. The zero-order chi connectivity index (χ0) is 14.0. The van der Waals surface area contributed by atoms with Gasteiger partial charge in [-0.25, -0.2) is 4.98 Å². The van der Waals surface area contributed by atoms with Gasteiger partial charge in [0.25, 0.3) is 0 Å². The summed E-state index contributed by atoms with van der Waals surface area (Å²) in [6, 6.07) is 5.66. The Morgan fingerprint density at radius 2 is 2.16 bits per heavy atom. The molecule has 0 aliphatic carbocycles. The predicted molar refractivity (Wildman–Crippen MR) is 80.8 cm³/mol. The fraction of sp³-hybridized carbons (Fsp3) is 0.417. The van der Waals surface area contributed by atoms with Crippen molar-refractivity contribution in [2.75, 3.05) is 6.61 Å². The van der Waals surface area contributed by atoms with Gasteiger partial charge in [0.15, 0.2) is 0 Å². The monoisotopic (exact) mass is 339 g/mol. The van der Waals surface area contributed by atoms with Crippen molar-refractivity contribution >= 4 is 56.4 Å². The first-order valence-corrected chi connectivity index (χ1v) is 7.62. The molecule has 1 heterocycles. The number of rotatable bonds is 4. The second-order valence-electron chi connectivity index (χ2n) is 3.93. The molecular formula is C12H12Cl3NO2S. The van der Waals surface area contributed by atoms with E-state index in [4.69, 9.17) is 39.5 Å². The molecule has 0 aliphatic heterocycles.